The third-order valence-corrected chi connectivity index (χ3v) is 2.08. The summed E-state index contributed by atoms with van der Waals surface area (Å²) in [5, 5.41) is 2.85. The van der Waals surface area contributed by atoms with Gasteiger partial charge >= 0.3 is 6.09 Å². The Morgan fingerprint density at radius 1 is 1.69 bits per heavy atom. The molecule has 0 bridgehead atoms. The van der Waals surface area contributed by atoms with Crippen molar-refractivity contribution in [3.05, 3.63) is 10.7 Å². The van der Waals surface area contributed by atoms with Gasteiger partial charge in [-0.15, -0.1) is 0 Å². The number of ether oxygens (including phenoxy) is 2. The predicted octanol–water partition coefficient (Wildman–Crippen LogP) is 0.755. The van der Waals surface area contributed by atoms with Crippen LogP contribution < -0.4 is 15.8 Å². The third kappa shape index (κ3) is 3.89. The van der Waals surface area contributed by atoms with Gasteiger partial charge in [-0.3, -0.25) is 0 Å². The van der Waals surface area contributed by atoms with E-state index in [2.05, 4.69) is 36.0 Å². The fourth-order valence-corrected chi connectivity index (χ4v) is 1.25. The molecule has 8 heteroatoms. The summed E-state index contributed by atoms with van der Waals surface area (Å²) in [6.07, 6.45) is 0.749. The first-order chi connectivity index (χ1) is 7.63. The van der Waals surface area contributed by atoms with Gasteiger partial charge in [0.05, 0.1) is 24.3 Å². The molecular formula is C8H11BrN4O3. The van der Waals surface area contributed by atoms with Gasteiger partial charge in [0.2, 0.25) is 11.8 Å². The Morgan fingerprint density at radius 2 is 2.44 bits per heavy atom. The van der Waals surface area contributed by atoms with Crippen LogP contribution in [-0.4, -0.2) is 36.3 Å². The zero-order chi connectivity index (χ0) is 12.0. The SMILES string of the molecule is COc1nc(NCCOC(N)=O)ncc1Br. The third-order valence-electron chi connectivity index (χ3n) is 1.53. The number of halogens is 1. The lowest BCUT2D eigenvalue weighted by atomic mass is 10.6. The first-order valence-electron chi connectivity index (χ1n) is 4.36. The number of rotatable bonds is 5. The van der Waals surface area contributed by atoms with E-state index >= 15 is 0 Å². The van der Waals surface area contributed by atoms with Gasteiger partial charge in [-0.05, 0) is 15.9 Å². The molecule has 0 saturated heterocycles. The smallest absolute Gasteiger partial charge is 0.404 e. The molecule has 0 aliphatic carbocycles. The molecule has 0 aliphatic rings. The number of anilines is 1. The Kier molecular flexibility index (Phi) is 4.77. The maximum atomic E-state index is 10.3. The Balaban J connectivity index is 2.45. The normalized spacial score (nSPS) is 9.62. The molecule has 0 radical (unpaired) electrons. The van der Waals surface area contributed by atoms with E-state index in [0.29, 0.717) is 22.8 Å². The summed E-state index contributed by atoms with van der Waals surface area (Å²) in [6.45, 7) is 0.519. The van der Waals surface area contributed by atoms with Crippen LogP contribution in [0, 0.1) is 0 Å². The van der Waals surface area contributed by atoms with Crippen molar-refractivity contribution in [3.8, 4) is 5.88 Å². The molecule has 0 unspecified atom stereocenters. The number of hydrogen-bond donors (Lipinski definition) is 2. The van der Waals surface area contributed by atoms with Crippen molar-refractivity contribution < 1.29 is 14.3 Å². The summed E-state index contributed by atoms with van der Waals surface area (Å²) in [5.74, 6) is 0.807. The summed E-state index contributed by atoms with van der Waals surface area (Å²) < 4.78 is 10.2. The van der Waals surface area contributed by atoms with Crippen LogP contribution in [-0.2, 0) is 4.74 Å². The fraction of sp³-hybridized carbons (Fsp3) is 0.375. The lowest BCUT2D eigenvalue weighted by Gasteiger charge is -2.06. The van der Waals surface area contributed by atoms with E-state index < -0.39 is 6.09 Å². The Hall–Kier alpha value is -1.57. The van der Waals surface area contributed by atoms with Crippen molar-refractivity contribution in [2.24, 2.45) is 5.73 Å². The number of amides is 1. The Bertz CT molecular complexity index is 374. The lowest BCUT2D eigenvalue weighted by Crippen LogP contribution is -2.19. The van der Waals surface area contributed by atoms with E-state index in [0.717, 1.165) is 0 Å². The van der Waals surface area contributed by atoms with Crippen LogP contribution in [0.5, 0.6) is 5.88 Å². The molecule has 1 aromatic rings. The molecule has 0 aliphatic heterocycles. The molecule has 0 spiro atoms. The molecule has 1 aromatic heterocycles. The quantitative estimate of drug-likeness (QED) is 0.777. The molecule has 16 heavy (non-hydrogen) atoms. The van der Waals surface area contributed by atoms with Crippen LogP contribution in [0.3, 0.4) is 0 Å². The summed E-state index contributed by atoms with van der Waals surface area (Å²) in [7, 11) is 1.51. The van der Waals surface area contributed by atoms with E-state index in [1.807, 2.05) is 0 Å². The highest BCUT2D eigenvalue weighted by Gasteiger charge is 2.04. The van der Waals surface area contributed by atoms with Crippen LogP contribution in [0.15, 0.2) is 10.7 Å². The van der Waals surface area contributed by atoms with Crippen molar-refractivity contribution >= 4 is 28.0 Å². The number of carbonyl (C=O) groups excluding carboxylic acids is 1. The number of methoxy groups -OCH3 is 1. The number of primary amides is 1. The molecule has 0 aromatic carbocycles. The van der Waals surface area contributed by atoms with Gasteiger partial charge in [0.15, 0.2) is 0 Å². The molecule has 3 N–H and O–H groups in total. The van der Waals surface area contributed by atoms with E-state index in [1.54, 1.807) is 6.20 Å². The maximum Gasteiger partial charge on any atom is 0.404 e. The Labute approximate surface area is 100 Å². The van der Waals surface area contributed by atoms with Crippen molar-refractivity contribution in [2.75, 3.05) is 25.6 Å². The average molecular weight is 291 g/mol. The van der Waals surface area contributed by atoms with Gasteiger partial charge in [0.25, 0.3) is 0 Å². The minimum absolute atomic E-state index is 0.150. The monoisotopic (exact) mass is 290 g/mol. The number of nitrogens with zero attached hydrogens (tertiary/aromatic N) is 2. The highest BCUT2D eigenvalue weighted by Crippen LogP contribution is 2.21. The van der Waals surface area contributed by atoms with Gasteiger partial charge in [0, 0.05) is 0 Å². The number of nitrogens with one attached hydrogen (secondary N) is 1. The molecule has 0 atom stereocenters. The summed E-state index contributed by atoms with van der Waals surface area (Å²) in [5.41, 5.74) is 4.79. The first kappa shape index (κ1) is 12.5. The molecule has 1 amide bonds. The van der Waals surface area contributed by atoms with Crippen molar-refractivity contribution in [2.45, 2.75) is 0 Å². The van der Waals surface area contributed by atoms with Crippen LogP contribution >= 0.6 is 15.9 Å². The van der Waals surface area contributed by atoms with Crippen molar-refractivity contribution in [1.82, 2.24) is 9.97 Å². The zero-order valence-electron chi connectivity index (χ0n) is 8.57. The highest BCUT2D eigenvalue weighted by atomic mass is 79.9. The molecule has 1 heterocycles. The first-order valence-corrected chi connectivity index (χ1v) is 5.15. The highest BCUT2D eigenvalue weighted by molar-refractivity contribution is 9.10. The van der Waals surface area contributed by atoms with Gasteiger partial charge in [0.1, 0.15) is 6.61 Å². The van der Waals surface area contributed by atoms with E-state index in [-0.39, 0.29) is 6.61 Å². The van der Waals surface area contributed by atoms with Crippen molar-refractivity contribution in [1.29, 1.82) is 0 Å². The molecule has 88 valence electrons. The predicted molar refractivity (Wildman–Crippen MR) is 60.3 cm³/mol. The van der Waals surface area contributed by atoms with Crippen LogP contribution in [0.25, 0.3) is 0 Å². The molecule has 7 nitrogen and oxygen atoms in total. The van der Waals surface area contributed by atoms with Crippen LogP contribution in [0.1, 0.15) is 0 Å². The molecule has 1 rings (SSSR count). The molecule has 0 fully saturated rings. The summed E-state index contributed by atoms with van der Waals surface area (Å²) in [6, 6.07) is 0. The minimum Gasteiger partial charge on any atom is -0.480 e. The standard InChI is InChI=1S/C8H11BrN4O3/c1-15-6-5(9)4-12-8(13-6)11-2-3-16-7(10)14/h4H,2-3H2,1H3,(H2,10,14)(H,11,12,13). The van der Waals surface area contributed by atoms with Gasteiger partial charge < -0.3 is 20.5 Å². The van der Waals surface area contributed by atoms with E-state index in [9.17, 15) is 4.79 Å². The molecular weight excluding hydrogens is 280 g/mol. The summed E-state index contributed by atoms with van der Waals surface area (Å²) >= 11 is 3.23. The minimum atomic E-state index is -0.809. The average Bonchev–Trinajstić information content (AvgIpc) is 2.26. The molecule has 0 saturated carbocycles. The van der Waals surface area contributed by atoms with Gasteiger partial charge in [-0.25, -0.2) is 9.78 Å². The zero-order valence-corrected chi connectivity index (χ0v) is 10.2. The van der Waals surface area contributed by atoms with Gasteiger partial charge in [-0.1, -0.05) is 0 Å². The Morgan fingerprint density at radius 3 is 3.06 bits per heavy atom. The summed E-state index contributed by atoms with van der Waals surface area (Å²) in [4.78, 5) is 18.3. The number of hydrogen-bond acceptors (Lipinski definition) is 6. The van der Waals surface area contributed by atoms with Crippen molar-refractivity contribution in [3.63, 3.8) is 0 Å². The van der Waals surface area contributed by atoms with E-state index in [4.69, 9.17) is 10.5 Å². The van der Waals surface area contributed by atoms with E-state index in [1.165, 1.54) is 7.11 Å². The second kappa shape index (κ2) is 6.11. The second-order valence-corrected chi connectivity index (χ2v) is 3.50. The second-order valence-electron chi connectivity index (χ2n) is 2.65. The number of carbonyl (C=O) groups is 1. The fourth-order valence-electron chi connectivity index (χ4n) is 0.894. The van der Waals surface area contributed by atoms with Crippen LogP contribution in [0.2, 0.25) is 0 Å². The maximum absolute atomic E-state index is 10.3. The number of aromatic nitrogens is 2. The largest absolute Gasteiger partial charge is 0.480 e. The number of nitrogens with two attached hydrogens (primary N) is 1. The van der Waals surface area contributed by atoms with Crippen LogP contribution in [0.4, 0.5) is 10.7 Å². The topological polar surface area (TPSA) is 99.4 Å². The van der Waals surface area contributed by atoms with Gasteiger partial charge in [-0.2, -0.15) is 4.98 Å². The lowest BCUT2D eigenvalue weighted by molar-refractivity contribution is 0.161.